The van der Waals surface area contributed by atoms with Gasteiger partial charge in [-0.3, -0.25) is 5.43 Å². The Kier molecular flexibility index (Phi) is 6.27. The predicted molar refractivity (Wildman–Crippen MR) is 68.8 cm³/mol. The molecule has 1 aromatic rings. The lowest BCUT2D eigenvalue weighted by atomic mass is 10.3. The van der Waals surface area contributed by atoms with Crippen LogP contribution >= 0.6 is 0 Å². The molecule has 0 atom stereocenters. The van der Waals surface area contributed by atoms with Gasteiger partial charge in [-0.2, -0.15) is 4.98 Å². The van der Waals surface area contributed by atoms with Gasteiger partial charge < -0.3 is 10.1 Å². The molecule has 96 valence electrons. The van der Waals surface area contributed by atoms with Crippen LogP contribution in [-0.4, -0.2) is 29.7 Å². The molecule has 1 heterocycles. The van der Waals surface area contributed by atoms with Gasteiger partial charge in [-0.1, -0.05) is 13.3 Å². The van der Waals surface area contributed by atoms with E-state index in [9.17, 15) is 0 Å². The van der Waals surface area contributed by atoms with Crippen LogP contribution < -0.4 is 16.6 Å². The quantitative estimate of drug-likeness (QED) is 0.360. The summed E-state index contributed by atoms with van der Waals surface area (Å²) in [6.45, 7) is 6.31. The van der Waals surface area contributed by atoms with Crippen LogP contribution in [0.3, 0.4) is 0 Å². The topological polar surface area (TPSA) is 85.1 Å². The zero-order chi connectivity index (χ0) is 12.5. The standard InChI is InChI=1S/C11H21N5O/c1-3-4-6-17-7-5-13-10-9(2)8-14-11(15-10)16-12/h8H,3-7,12H2,1-2H3,(H2,13,14,15,16). The third-order valence-electron chi connectivity index (χ3n) is 2.28. The van der Waals surface area contributed by atoms with Crippen LogP contribution in [0.4, 0.5) is 11.8 Å². The van der Waals surface area contributed by atoms with Gasteiger partial charge in [0.2, 0.25) is 5.95 Å². The Morgan fingerprint density at radius 3 is 2.94 bits per heavy atom. The van der Waals surface area contributed by atoms with E-state index in [0.717, 1.165) is 37.4 Å². The van der Waals surface area contributed by atoms with E-state index >= 15 is 0 Å². The fraction of sp³-hybridized carbons (Fsp3) is 0.636. The lowest BCUT2D eigenvalue weighted by Crippen LogP contribution is -2.15. The first-order valence-corrected chi connectivity index (χ1v) is 5.89. The van der Waals surface area contributed by atoms with Gasteiger partial charge in [-0.15, -0.1) is 0 Å². The van der Waals surface area contributed by atoms with E-state index in [4.69, 9.17) is 10.6 Å². The van der Waals surface area contributed by atoms with Crippen LogP contribution in [-0.2, 0) is 4.74 Å². The number of hydrogen-bond acceptors (Lipinski definition) is 6. The molecule has 0 bridgehead atoms. The number of aryl methyl sites for hydroxylation is 1. The van der Waals surface area contributed by atoms with Crippen LogP contribution in [0.25, 0.3) is 0 Å². The van der Waals surface area contributed by atoms with Crippen molar-refractivity contribution in [3.8, 4) is 0 Å². The number of hydrogen-bond donors (Lipinski definition) is 3. The van der Waals surface area contributed by atoms with Gasteiger partial charge >= 0.3 is 0 Å². The molecule has 0 saturated heterocycles. The van der Waals surface area contributed by atoms with E-state index < -0.39 is 0 Å². The Morgan fingerprint density at radius 2 is 2.24 bits per heavy atom. The van der Waals surface area contributed by atoms with Crippen molar-refractivity contribution in [2.24, 2.45) is 5.84 Å². The van der Waals surface area contributed by atoms with Gasteiger partial charge in [0.1, 0.15) is 5.82 Å². The molecule has 0 fully saturated rings. The molecule has 0 unspecified atom stereocenters. The number of nitrogens with one attached hydrogen (secondary N) is 2. The molecule has 6 heteroatoms. The highest BCUT2D eigenvalue weighted by Crippen LogP contribution is 2.11. The maximum atomic E-state index is 5.45. The molecule has 0 radical (unpaired) electrons. The average Bonchev–Trinajstić information content (AvgIpc) is 2.35. The van der Waals surface area contributed by atoms with Crippen molar-refractivity contribution in [1.29, 1.82) is 0 Å². The Labute approximate surface area is 102 Å². The first-order valence-electron chi connectivity index (χ1n) is 5.89. The third-order valence-corrected chi connectivity index (χ3v) is 2.28. The van der Waals surface area contributed by atoms with Crippen molar-refractivity contribution >= 4 is 11.8 Å². The van der Waals surface area contributed by atoms with Crippen LogP contribution in [0.1, 0.15) is 25.3 Å². The molecule has 0 aliphatic rings. The Bertz CT molecular complexity index is 332. The largest absolute Gasteiger partial charge is 0.380 e. The Hall–Kier alpha value is -1.40. The smallest absolute Gasteiger partial charge is 0.239 e. The fourth-order valence-electron chi connectivity index (χ4n) is 1.28. The average molecular weight is 239 g/mol. The summed E-state index contributed by atoms with van der Waals surface area (Å²) < 4.78 is 5.45. The van der Waals surface area contributed by atoms with Crippen LogP contribution in [0.5, 0.6) is 0 Å². The molecule has 0 aliphatic heterocycles. The van der Waals surface area contributed by atoms with Crippen molar-refractivity contribution in [3.05, 3.63) is 11.8 Å². The van der Waals surface area contributed by atoms with Gasteiger partial charge in [0, 0.05) is 24.9 Å². The second kappa shape index (κ2) is 7.81. The SMILES string of the molecule is CCCCOCCNc1nc(NN)ncc1C. The van der Waals surface area contributed by atoms with Gasteiger partial charge in [-0.05, 0) is 13.3 Å². The summed E-state index contributed by atoms with van der Waals surface area (Å²) in [5.74, 6) is 6.44. The van der Waals surface area contributed by atoms with E-state index in [1.165, 1.54) is 0 Å². The fourth-order valence-corrected chi connectivity index (χ4v) is 1.28. The highest BCUT2D eigenvalue weighted by molar-refractivity contribution is 5.45. The number of ether oxygens (including phenoxy) is 1. The predicted octanol–water partition coefficient (Wildman–Crippen LogP) is 1.30. The van der Waals surface area contributed by atoms with Crippen molar-refractivity contribution < 1.29 is 4.74 Å². The molecular formula is C11H21N5O. The van der Waals surface area contributed by atoms with Crippen molar-refractivity contribution in [1.82, 2.24) is 9.97 Å². The zero-order valence-corrected chi connectivity index (χ0v) is 10.5. The van der Waals surface area contributed by atoms with E-state index in [1.807, 2.05) is 6.92 Å². The first kappa shape index (κ1) is 13.7. The molecule has 4 N–H and O–H groups in total. The lowest BCUT2D eigenvalue weighted by molar-refractivity contribution is 0.141. The molecule has 0 amide bonds. The molecule has 0 aliphatic carbocycles. The monoisotopic (exact) mass is 239 g/mol. The summed E-state index contributed by atoms with van der Waals surface area (Å²) in [7, 11) is 0. The van der Waals surface area contributed by atoms with Gasteiger partial charge in [0.15, 0.2) is 0 Å². The molecule has 17 heavy (non-hydrogen) atoms. The summed E-state index contributed by atoms with van der Waals surface area (Å²) in [5, 5.41) is 3.19. The highest BCUT2D eigenvalue weighted by atomic mass is 16.5. The van der Waals surface area contributed by atoms with Crippen LogP contribution in [0.2, 0.25) is 0 Å². The number of hydrazine groups is 1. The normalized spacial score (nSPS) is 10.3. The van der Waals surface area contributed by atoms with E-state index in [0.29, 0.717) is 12.6 Å². The molecular weight excluding hydrogens is 218 g/mol. The van der Waals surface area contributed by atoms with E-state index in [2.05, 4.69) is 27.6 Å². The number of nitrogens with zero attached hydrogens (tertiary/aromatic N) is 2. The summed E-state index contributed by atoms with van der Waals surface area (Å²) in [5.41, 5.74) is 3.40. The molecule has 0 saturated carbocycles. The van der Waals surface area contributed by atoms with Crippen molar-refractivity contribution in [2.75, 3.05) is 30.5 Å². The number of anilines is 2. The van der Waals surface area contributed by atoms with Gasteiger partial charge in [-0.25, -0.2) is 10.8 Å². The molecule has 0 spiro atoms. The minimum Gasteiger partial charge on any atom is -0.380 e. The Balaban J connectivity index is 2.30. The zero-order valence-electron chi connectivity index (χ0n) is 10.5. The van der Waals surface area contributed by atoms with Crippen molar-refractivity contribution in [2.45, 2.75) is 26.7 Å². The van der Waals surface area contributed by atoms with Gasteiger partial charge in [0.25, 0.3) is 0 Å². The number of aromatic nitrogens is 2. The maximum absolute atomic E-state index is 5.45. The summed E-state index contributed by atoms with van der Waals surface area (Å²) in [6.07, 6.45) is 3.99. The van der Waals surface area contributed by atoms with E-state index in [-0.39, 0.29) is 0 Å². The highest BCUT2D eigenvalue weighted by Gasteiger charge is 2.01. The second-order valence-corrected chi connectivity index (χ2v) is 3.76. The number of nitrogens with two attached hydrogens (primary N) is 1. The molecule has 6 nitrogen and oxygen atoms in total. The van der Waals surface area contributed by atoms with Crippen LogP contribution in [0, 0.1) is 6.92 Å². The van der Waals surface area contributed by atoms with Gasteiger partial charge in [0.05, 0.1) is 6.61 Å². The lowest BCUT2D eigenvalue weighted by Gasteiger charge is -2.09. The van der Waals surface area contributed by atoms with Crippen LogP contribution in [0.15, 0.2) is 6.20 Å². The third kappa shape index (κ3) is 4.97. The summed E-state index contributed by atoms with van der Waals surface area (Å²) in [6, 6.07) is 0. The summed E-state index contributed by atoms with van der Waals surface area (Å²) >= 11 is 0. The minimum absolute atomic E-state index is 0.407. The Morgan fingerprint density at radius 1 is 1.41 bits per heavy atom. The first-order chi connectivity index (χ1) is 8.27. The van der Waals surface area contributed by atoms with Crippen molar-refractivity contribution in [3.63, 3.8) is 0 Å². The second-order valence-electron chi connectivity index (χ2n) is 3.76. The molecule has 1 aromatic heterocycles. The number of rotatable bonds is 8. The number of unbranched alkanes of at least 4 members (excludes halogenated alkanes) is 1. The maximum Gasteiger partial charge on any atom is 0.239 e. The molecule has 1 rings (SSSR count). The summed E-state index contributed by atoms with van der Waals surface area (Å²) in [4.78, 5) is 8.22. The number of nitrogen functional groups attached to an aromatic ring is 1. The minimum atomic E-state index is 0.407. The molecule has 0 aromatic carbocycles. The van der Waals surface area contributed by atoms with E-state index in [1.54, 1.807) is 6.20 Å².